The van der Waals surface area contributed by atoms with Crippen LogP contribution < -0.4 is 0 Å². The summed E-state index contributed by atoms with van der Waals surface area (Å²) in [5.74, 6) is 0. The molecular formula is C6H7NS2. The van der Waals surface area contributed by atoms with E-state index in [1.165, 1.54) is 0 Å². The molecule has 3 heteroatoms. The number of H-pyrrole nitrogens is 1. The molecule has 1 rings (SSSR count). The van der Waals surface area contributed by atoms with Crippen molar-refractivity contribution in [1.29, 1.82) is 0 Å². The van der Waals surface area contributed by atoms with Gasteiger partial charge in [0.2, 0.25) is 0 Å². The van der Waals surface area contributed by atoms with E-state index in [0.29, 0.717) is 0 Å². The maximum Gasteiger partial charge on any atom is 0.0568 e. The summed E-state index contributed by atoms with van der Waals surface area (Å²) in [5, 5.41) is 0. The van der Waals surface area contributed by atoms with Gasteiger partial charge in [-0.2, -0.15) is 0 Å². The molecule has 0 unspecified atom stereocenters. The Morgan fingerprint density at radius 2 is 2.22 bits per heavy atom. The van der Waals surface area contributed by atoms with Gasteiger partial charge in [-0.15, -0.1) is 12.6 Å². The van der Waals surface area contributed by atoms with Crippen molar-refractivity contribution in [3.8, 4) is 0 Å². The Balaban J connectivity index is 3.43. The minimum Gasteiger partial charge on any atom is -0.366 e. The Labute approximate surface area is 64.5 Å². The molecule has 0 fully saturated rings. The second-order valence-electron chi connectivity index (χ2n) is 1.85. The summed E-state index contributed by atoms with van der Waals surface area (Å²) in [7, 11) is 0. The van der Waals surface area contributed by atoms with Crippen molar-refractivity contribution in [2.75, 3.05) is 0 Å². The van der Waals surface area contributed by atoms with E-state index in [1.807, 2.05) is 13.1 Å². The lowest BCUT2D eigenvalue weighted by Gasteiger charge is -1.93. The number of hydrogen-bond acceptors (Lipinski definition) is 2. The summed E-state index contributed by atoms with van der Waals surface area (Å²) in [6, 6.07) is 0. The maximum absolute atomic E-state index is 5.00. The van der Waals surface area contributed by atoms with Crippen molar-refractivity contribution < 1.29 is 0 Å². The Bertz CT molecular complexity index is 241. The first-order valence-corrected chi connectivity index (χ1v) is 3.44. The molecule has 0 spiro atoms. The fourth-order valence-electron chi connectivity index (χ4n) is 0.579. The quantitative estimate of drug-likeness (QED) is 0.436. The molecular weight excluding hydrogens is 150 g/mol. The highest BCUT2D eigenvalue weighted by molar-refractivity contribution is 7.81. The highest BCUT2D eigenvalue weighted by Crippen LogP contribution is 2.08. The molecule has 1 aromatic rings. The van der Waals surface area contributed by atoms with Crippen molar-refractivity contribution in [2.24, 2.45) is 0 Å². The average Bonchev–Trinajstić information content (AvgIpc) is 1.83. The van der Waals surface area contributed by atoms with E-state index < -0.39 is 0 Å². The molecule has 0 saturated heterocycles. The van der Waals surface area contributed by atoms with Crippen LogP contribution in [0.5, 0.6) is 0 Å². The van der Waals surface area contributed by atoms with Crippen LogP contribution in [0.3, 0.4) is 0 Å². The summed E-state index contributed by atoms with van der Waals surface area (Å²) in [4.78, 5) is 3.76. The van der Waals surface area contributed by atoms with Gasteiger partial charge in [-0.3, -0.25) is 0 Å². The average molecular weight is 157 g/mol. The number of aromatic nitrogens is 1. The first-order chi connectivity index (χ1) is 4.22. The van der Waals surface area contributed by atoms with Gasteiger partial charge < -0.3 is 4.98 Å². The number of pyridine rings is 1. The van der Waals surface area contributed by atoms with E-state index in [1.54, 1.807) is 6.20 Å². The third-order valence-corrected chi connectivity index (χ3v) is 2.16. The van der Waals surface area contributed by atoms with Crippen LogP contribution in [-0.4, -0.2) is 4.98 Å². The van der Waals surface area contributed by atoms with Crippen LogP contribution in [-0.2, 0) is 0 Å². The highest BCUT2D eigenvalue weighted by atomic mass is 32.1. The zero-order valence-electron chi connectivity index (χ0n) is 5.01. The minimum atomic E-state index is 0.831. The maximum atomic E-state index is 5.00. The van der Waals surface area contributed by atoms with Gasteiger partial charge in [0, 0.05) is 17.3 Å². The second kappa shape index (κ2) is 2.54. The zero-order valence-corrected chi connectivity index (χ0v) is 6.72. The SMILES string of the molecule is Cc1c[nH]cc(S)c1=S. The van der Waals surface area contributed by atoms with Crippen LogP contribution in [0.4, 0.5) is 0 Å². The van der Waals surface area contributed by atoms with Crippen molar-refractivity contribution in [3.05, 3.63) is 22.5 Å². The number of thiol groups is 1. The Hall–Kier alpha value is -0.280. The zero-order chi connectivity index (χ0) is 6.85. The topological polar surface area (TPSA) is 15.8 Å². The largest absolute Gasteiger partial charge is 0.366 e. The van der Waals surface area contributed by atoms with Gasteiger partial charge >= 0.3 is 0 Å². The van der Waals surface area contributed by atoms with Crippen LogP contribution >= 0.6 is 24.8 Å². The number of aryl methyl sites for hydroxylation is 1. The van der Waals surface area contributed by atoms with Gasteiger partial charge in [0.15, 0.2) is 0 Å². The first-order valence-electron chi connectivity index (χ1n) is 2.58. The molecule has 9 heavy (non-hydrogen) atoms. The number of aromatic amines is 1. The monoisotopic (exact) mass is 157 g/mol. The fraction of sp³-hybridized carbons (Fsp3) is 0.167. The van der Waals surface area contributed by atoms with Crippen LogP contribution in [0.1, 0.15) is 5.56 Å². The lowest BCUT2D eigenvalue weighted by Crippen LogP contribution is -1.78. The Morgan fingerprint density at radius 3 is 2.67 bits per heavy atom. The normalized spacial score (nSPS) is 9.56. The predicted molar refractivity (Wildman–Crippen MR) is 43.6 cm³/mol. The van der Waals surface area contributed by atoms with Gasteiger partial charge in [-0.05, 0) is 12.5 Å². The summed E-state index contributed by atoms with van der Waals surface area (Å²) >= 11 is 9.13. The lowest BCUT2D eigenvalue weighted by atomic mass is 10.3. The van der Waals surface area contributed by atoms with Gasteiger partial charge in [0.05, 0.1) is 4.51 Å². The summed E-state index contributed by atoms with van der Waals surface area (Å²) in [6.45, 7) is 1.96. The van der Waals surface area contributed by atoms with Gasteiger partial charge in [0.25, 0.3) is 0 Å². The fourth-order valence-corrected chi connectivity index (χ4v) is 0.947. The number of nitrogens with one attached hydrogen (secondary N) is 1. The van der Waals surface area contributed by atoms with E-state index in [4.69, 9.17) is 12.2 Å². The van der Waals surface area contributed by atoms with Gasteiger partial charge in [-0.25, -0.2) is 0 Å². The molecule has 0 aliphatic heterocycles. The lowest BCUT2D eigenvalue weighted by molar-refractivity contribution is 1.18. The predicted octanol–water partition coefficient (Wildman–Crippen LogP) is 2.34. The van der Waals surface area contributed by atoms with E-state index in [2.05, 4.69) is 17.6 Å². The van der Waals surface area contributed by atoms with Crippen molar-refractivity contribution in [3.63, 3.8) is 0 Å². The second-order valence-corrected chi connectivity index (χ2v) is 2.74. The molecule has 48 valence electrons. The van der Waals surface area contributed by atoms with E-state index in [0.717, 1.165) is 15.0 Å². The molecule has 1 aromatic heterocycles. The number of rotatable bonds is 0. The summed E-state index contributed by atoms with van der Waals surface area (Å²) in [5.41, 5.74) is 1.07. The van der Waals surface area contributed by atoms with Crippen molar-refractivity contribution in [1.82, 2.24) is 4.98 Å². The molecule has 0 saturated carbocycles. The molecule has 0 atom stereocenters. The molecule has 0 aliphatic carbocycles. The van der Waals surface area contributed by atoms with Crippen LogP contribution in [0.25, 0.3) is 0 Å². The molecule has 1 nitrogen and oxygen atoms in total. The minimum absolute atomic E-state index is 0.831. The molecule has 0 bridgehead atoms. The molecule has 0 aromatic carbocycles. The van der Waals surface area contributed by atoms with Crippen molar-refractivity contribution >= 4 is 24.8 Å². The van der Waals surface area contributed by atoms with Crippen LogP contribution in [0.2, 0.25) is 0 Å². The smallest absolute Gasteiger partial charge is 0.0568 e. The van der Waals surface area contributed by atoms with Crippen molar-refractivity contribution in [2.45, 2.75) is 11.8 Å². The molecule has 0 radical (unpaired) electrons. The first kappa shape index (κ1) is 6.83. The summed E-state index contributed by atoms with van der Waals surface area (Å²) < 4.78 is 0.831. The third-order valence-electron chi connectivity index (χ3n) is 1.11. The molecule has 0 aliphatic rings. The van der Waals surface area contributed by atoms with Crippen LogP contribution in [0, 0.1) is 11.4 Å². The van der Waals surface area contributed by atoms with E-state index >= 15 is 0 Å². The molecule has 0 amide bonds. The Kier molecular flexibility index (Phi) is 1.93. The third kappa shape index (κ3) is 1.34. The van der Waals surface area contributed by atoms with Crippen LogP contribution in [0.15, 0.2) is 17.3 Å². The number of hydrogen-bond donors (Lipinski definition) is 2. The van der Waals surface area contributed by atoms with E-state index in [9.17, 15) is 0 Å². The van der Waals surface area contributed by atoms with E-state index in [-0.39, 0.29) is 0 Å². The molecule has 1 heterocycles. The van der Waals surface area contributed by atoms with Gasteiger partial charge in [-0.1, -0.05) is 12.2 Å². The molecule has 1 N–H and O–H groups in total. The van der Waals surface area contributed by atoms with Gasteiger partial charge in [0.1, 0.15) is 0 Å². The standard InChI is InChI=1S/C6H7NS2/c1-4-2-7-3-5(8)6(4)9/h2-3,8H,1H3,(H,7,9). The summed E-state index contributed by atoms with van der Waals surface area (Å²) in [6.07, 6.45) is 3.64. The highest BCUT2D eigenvalue weighted by Gasteiger charge is 1.89. The Morgan fingerprint density at radius 1 is 1.56 bits per heavy atom.